The lowest BCUT2D eigenvalue weighted by Crippen LogP contribution is -2.49. The number of anilines is 1. The monoisotopic (exact) mass is 480 g/mol. The number of aromatic nitrogens is 2. The molecule has 1 saturated heterocycles. The second-order valence-corrected chi connectivity index (χ2v) is 9.48. The first kappa shape index (κ1) is 24.1. The number of benzene rings is 2. The molecule has 180 valence electrons. The van der Waals surface area contributed by atoms with Gasteiger partial charge in [0.05, 0.1) is 17.6 Å². The molecule has 2 aromatic carbocycles. The molecule has 0 atom stereocenters. The van der Waals surface area contributed by atoms with Crippen LogP contribution in [0.3, 0.4) is 0 Å². The number of hydrogen-bond acceptors (Lipinski definition) is 5. The fourth-order valence-corrected chi connectivity index (χ4v) is 4.72. The van der Waals surface area contributed by atoms with E-state index < -0.39 is 0 Å². The summed E-state index contributed by atoms with van der Waals surface area (Å²) >= 11 is 1.66. The van der Waals surface area contributed by atoms with Gasteiger partial charge in [-0.15, -0.1) is 11.8 Å². The predicted octanol–water partition coefficient (Wildman–Crippen LogP) is 3.83. The summed E-state index contributed by atoms with van der Waals surface area (Å²) in [5.74, 6) is 0.961. The van der Waals surface area contributed by atoms with E-state index in [9.17, 15) is 9.59 Å². The highest BCUT2D eigenvalue weighted by molar-refractivity contribution is 7.98. The van der Waals surface area contributed by atoms with E-state index in [1.54, 1.807) is 30.8 Å². The third-order valence-corrected chi connectivity index (χ3v) is 6.87. The van der Waals surface area contributed by atoms with Crippen molar-refractivity contribution in [2.75, 3.05) is 51.8 Å². The largest absolute Gasteiger partial charge is 0.345 e. The van der Waals surface area contributed by atoms with E-state index in [1.165, 1.54) is 0 Å². The van der Waals surface area contributed by atoms with Gasteiger partial charge < -0.3 is 19.7 Å². The molecular weight excluding hydrogens is 448 g/mol. The smallest absolute Gasteiger partial charge is 0.321 e. The number of thioether (sulfide) groups is 1. The Morgan fingerprint density at radius 1 is 1.09 bits per heavy atom. The maximum atomic E-state index is 12.7. The van der Waals surface area contributed by atoms with Gasteiger partial charge in [0.2, 0.25) is 0 Å². The average Bonchev–Trinajstić information content (AvgIpc) is 3.19. The van der Waals surface area contributed by atoms with Crippen LogP contribution in [-0.4, -0.2) is 82.7 Å². The molecule has 1 aliphatic rings. The second kappa shape index (κ2) is 10.5. The van der Waals surface area contributed by atoms with Gasteiger partial charge in [0.15, 0.2) is 0 Å². The number of urea groups is 1. The molecule has 3 aromatic rings. The van der Waals surface area contributed by atoms with Gasteiger partial charge in [-0.3, -0.25) is 9.69 Å². The summed E-state index contributed by atoms with van der Waals surface area (Å²) < 4.78 is 2.21. The van der Waals surface area contributed by atoms with Crippen molar-refractivity contribution in [3.63, 3.8) is 0 Å². The van der Waals surface area contributed by atoms with E-state index in [0.717, 1.165) is 47.1 Å². The predicted molar refractivity (Wildman–Crippen MR) is 138 cm³/mol. The number of amides is 3. The second-order valence-electron chi connectivity index (χ2n) is 8.60. The summed E-state index contributed by atoms with van der Waals surface area (Å²) in [7, 11) is 3.51. The minimum absolute atomic E-state index is 0.0240. The van der Waals surface area contributed by atoms with Crippen molar-refractivity contribution in [2.45, 2.75) is 24.9 Å². The number of piperazine rings is 1. The topological polar surface area (TPSA) is 73.7 Å². The summed E-state index contributed by atoms with van der Waals surface area (Å²) in [6, 6.07) is 13.6. The summed E-state index contributed by atoms with van der Waals surface area (Å²) in [5.41, 5.74) is 3.35. The van der Waals surface area contributed by atoms with E-state index in [-0.39, 0.29) is 11.9 Å². The first-order chi connectivity index (χ1) is 16.4. The van der Waals surface area contributed by atoms with Crippen LogP contribution in [0.5, 0.6) is 0 Å². The fourth-order valence-electron chi connectivity index (χ4n) is 4.26. The molecule has 3 amide bonds. The van der Waals surface area contributed by atoms with Crippen molar-refractivity contribution in [1.29, 1.82) is 0 Å². The molecule has 0 aliphatic carbocycles. The number of rotatable bonds is 6. The van der Waals surface area contributed by atoms with Crippen LogP contribution in [0.2, 0.25) is 0 Å². The van der Waals surface area contributed by atoms with Crippen molar-refractivity contribution in [2.24, 2.45) is 0 Å². The summed E-state index contributed by atoms with van der Waals surface area (Å²) in [6.07, 6.45) is 2.02. The molecule has 1 N–H and O–H groups in total. The number of nitrogens with one attached hydrogen (secondary N) is 1. The lowest BCUT2D eigenvalue weighted by Gasteiger charge is -2.34. The van der Waals surface area contributed by atoms with Crippen LogP contribution in [0, 0.1) is 0 Å². The van der Waals surface area contributed by atoms with Gasteiger partial charge in [-0.05, 0) is 49.6 Å². The van der Waals surface area contributed by atoms with Gasteiger partial charge in [-0.1, -0.05) is 6.07 Å². The van der Waals surface area contributed by atoms with Crippen LogP contribution < -0.4 is 5.32 Å². The zero-order chi connectivity index (χ0) is 24.2. The molecule has 34 heavy (non-hydrogen) atoms. The van der Waals surface area contributed by atoms with Gasteiger partial charge in [0.25, 0.3) is 5.91 Å². The van der Waals surface area contributed by atoms with E-state index in [1.807, 2.05) is 53.6 Å². The van der Waals surface area contributed by atoms with E-state index >= 15 is 0 Å². The Morgan fingerprint density at radius 2 is 1.85 bits per heavy atom. The standard InChI is InChI=1S/C25H32N6O2S/c1-5-31-22-10-9-18(24(32)28(2)3)15-21(22)27-23(31)17-29-11-13-30(14-12-29)25(33)26-19-7-6-8-20(16-19)34-4/h6-10,15-16H,5,11-14,17H2,1-4H3,(H,26,33). The van der Waals surface area contributed by atoms with Gasteiger partial charge in [0, 0.05) is 63.0 Å². The fraction of sp³-hybridized carbons (Fsp3) is 0.400. The molecule has 9 heteroatoms. The number of carbonyl (C=O) groups is 2. The average molecular weight is 481 g/mol. The molecule has 4 rings (SSSR count). The van der Waals surface area contributed by atoms with Crippen LogP contribution >= 0.6 is 11.8 Å². The van der Waals surface area contributed by atoms with E-state index in [2.05, 4.69) is 21.7 Å². The normalized spacial score (nSPS) is 14.4. The molecule has 1 aliphatic heterocycles. The molecule has 0 spiro atoms. The zero-order valence-corrected chi connectivity index (χ0v) is 21.1. The van der Waals surface area contributed by atoms with Crippen molar-refractivity contribution >= 4 is 40.4 Å². The quantitative estimate of drug-likeness (QED) is 0.543. The Morgan fingerprint density at radius 3 is 2.53 bits per heavy atom. The Balaban J connectivity index is 1.39. The highest BCUT2D eigenvalue weighted by Gasteiger charge is 2.23. The highest BCUT2D eigenvalue weighted by Crippen LogP contribution is 2.22. The highest BCUT2D eigenvalue weighted by atomic mass is 32.2. The molecule has 2 heterocycles. The SMILES string of the molecule is CCn1c(CN2CCN(C(=O)Nc3cccc(SC)c3)CC2)nc2cc(C(=O)N(C)C)ccc21. The number of aryl methyl sites for hydroxylation is 1. The van der Waals surface area contributed by atoms with Crippen LogP contribution in [0.15, 0.2) is 47.4 Å². The number of hydrogen-bond donors (Lipinski definition) is 1. The van der Waals surface area contributed by atoms with Crippen molar-refractivity contribution in [3.8, 4) is 0 Å². The lowest BCUT2D eigenvalue weighted by atomic mass is 10.2. The van der Waals surface area contributed by atoms with Crippen molar-refractivity contribution in [1.82, 2.24) is 24.3 Å². The van der Waals surface area contributed by atoms with Crippen LogP contribution in [0.1, 0.15) is 23.1 Å². The molecule has 0 bridgehead atoms. The molecule has 1 fully saturated rings. The molecule has 1 aromatic heterocycles. The van der Waals surface area contributed by atoms with Crippen LogP contribution in [0.4, 0.5) is 10.5 Å². The minimum Gasteiger partial charge on any atom is -0.345 e. The van der Waals surface area contributed by atoms with Gasteiger partial charge in [-0.2, -0.15) is 0 Å². The van der Waals surface area contributed by atoms with E-state index in [0.29, 0.717) is 25.2 Å². The number of imidazole rings is 1. The van der Waals surface area contributed by atoms with Crippen molar-refractivity contribution in [3.05, 3.63) is 53.9 Å². The molecule has 0 unspecified atom stereocenters. The lowest BCUT2D eigenvalue weighted by molar-refractivity contribution is 0.0827. The number of carbonyl (C=O) groups excluding carboxylic acids is 2. The van der Waals surface area contributed by atoms with Gasteiger partial charge in [0.1, 0.15) is 5.82 Å². The Hall–Kier alpha value is -3.04. The maximum Gasteiger partial charge on any atom is 0.321 e. The van der Waals surface area contributed by atoms with Crippen molar-refractivity contribution < 1.29 is 9.59 Å². The van der Waals surface area contributed by atoms with Gasteiger partial charge >= 0.3 is 6.03 Å². The third-order valence-electron chi connectivity index (χ3n) is 6.14. The first-order valence-electron chi connectivity index (χ1n) is 11.5. The zero-order valence-electron chi connectivity index (χ0n) is 20.2. The van der Waals surface area contributed by atoms with Crippen LogP contribution in [0.25, 0.3) is 11.0 Å². The molecular formula is C25H32N6O2S. The summed E-state index contributed by atoms with van der Waals surface area (Å²) in [5, 5.41) is 3.02. The Bertz CT molecular complexity index is 1180. The number of nitrogens with zero attached hydrogens (tertiary/aromatic N) is 5. The Labute approximate surface area is 204 Å². The number of fused-ring (bicyclic) bond motifs is 1. The Kier molecular flexibility index (Phi) is 7.43. The first-order valence-corrected chi connectivity index (χ1v) is 12.7. The third kappa shape index (κ3) is 5.20. The maximum absolute atomic E-state index is 12.7. The minimum atomic E-state index is -0.0585. The molecule has 0 saturated carbocycles. The van der Waals surface area contributed by atoms with Crippen LogP contribution in [-0.2, 0) is 13.1 Å². The summed E-state index contributed by atoms with van der Waals surface area (Å²) in [4.78, 5) is 36.8. The molecule has 8 nitrogen and oxygen atoms in total. The van der Waals surface area contributed by atoms with E-state index in [4.69, 9.17) is 4.98 Å². The van der Waals surface area contributed by atoms with Gasteiger partial charge in [-0.25, -0.2) is 9.78 Å². The molecule has 0 radical (unpaired) electrons. The summed E-state index contributed by atoms with van der Waals surface area (Å²) in [6.45, 7) is 6.54.